The summed E-state index contributed by atoms with van der Waals surface area (Å²) in [6.45, 7) is 0.956. The third kappa shape index (κ3) is 6.65. The molecule has 0 bridgehead atoms. The van der Waals surface area contributed by atoms with E-state index in [-0.39, 0.29) is 36.2 Å². The Hall–Kier alpha value is -1.53. The molecule has 146 valence electrons. The van der Waals surface area contributed by atoms with Gasteiger partial charge in [-0.1, -0.05) is 6.07 Å². The van der Waals surface area contributed by atoms with Crippen LogP contribution in [0.3, 0.4) is 0 Å². The highest BCUT2D eigenvalue weighted by Crippen LogP contribution is 2.14. The summed E-state index contributed by atoms with van der Waals surface area (Å²) >= 11 is 0. The van der Waals surface area contributed by atoms with Crippen molar-refractivity contribution in [2.45, 2.75) is 23.8 Å². The summed E-state index contributed by atoms with van der Waals surface area (Å²) in [6.07, 6.45) is 2.62. The zero-order valence-electron chi connectivity index (χ0n) is 14.4. The lowest BCUT2D eigenvalue weighted by Crippen LogP contribution is -2.34. The van der Waals surface area contributed by atoms with Gasteiger partial charge in [0.1, 0.15) is 0 Å². The van der Waals surface area contributed by atoms with Crippen LogP contribution in [0.2, 0.25) is 0 Å². The van der Waals surface area contributed by atoms with E-state index >= 15 is 0 Å². The first kappa shape index (κ1) is 20.8. The molecule has 9 nitrogen and oxygen atoms in total. The molecule has 1 aliphatic heterocycles. The minimum absolute atomic E-state index is 0.0163. The second-order valence-corrected chi connectivity index (χ2v) is 9.54. The minimum Gasteiger partial charge on any atom is -0.377 e. The van der Waals surface area contributed by atoms with E-state index in [4.69, 9.17) is 4.74 Å². The first-order valence-corrected chi connectivity index (χ1v) is 11.5. The van der Waals surface area contributed by atoms with Gasteiger partial charge in [-0.25, -0.2) is 26.3 Å². The fourth-order valence-corrected chi connectivity index (χ4v) is 3.99. The zero-order valence-corrected chi connectivity index (χ0v) is 16.0. The van der Waals surface area contributed by atoms with Gasteiger partial charge in [-0.3, -0.25) is 4.79 Å². The molecule has 1 amide bonds. The number of ether oxygens (including phenoxy) is 1. The highest BCUT2D eigenvalue weighted by atomic mass is 32.2. The Balaban J connectivity index is 1.94. The van der Waals surface area contributed by atoms with Crippen LogP contribution in [0.1, 0.15) is 23.2 Å². The Kier molecular flexibility index (Phi) is 7.12. The molecule has 1 saturated heterocycles. The van der Waals surface area contributed by atoms with Gasteiger partial charge in [0.25, 0.3) is 5.91 Å². The maximum atomic E-state index is 12.4. The van der Waals surface area contributed by atoms with Gasteiger partial charge in [0.15, 0.2) is 0 Å². The summed E-state index contributed by atoms with van der Waals surface area (Å²) in [6, 6.07) is 5.64. The Morgan fingerprint density at radius 1 is 1.19 bits per heavy atom. The number of carbonyl (C=O) groups excluding carboxylic acids is 1. The van der Waals surface area contributed by atoms with Crippen molar-refractivity contribution in [1.29, 1.82) is 0 Å². The standard InChI is InChI=1S/C15H23N3O6S2/c1-25(20,21)17-8-7-16-15(19)12-4-2-6-14(10-12)26(22,23)18-11-13-5-3-9-24-13/h2,4,6,10,13,17-18H,3,5,7-9,11H2,1H3,(H,16,19)/t13-/m1/s1. The molecule has 1 aromatic carbocycles. The average molecular weight is 405 g/mol. The fraction of sp³-hybridized carbons (Fsp3) is 0.533. The van der Waals surface area contributed by atoms with Gasteiger partial charge >= 0.3 is 0 Å². The van der Waals surface area contributed by atoms with Crippen LogP contribution in [0, 0.1) is 0 Å². The first-order valence-electron chi connectivity index (χ1n) is 8.11. The summed E-state index contributed by atoms with van der Waals surface area (Å²) in [4.78, 5) is 12.1. The van der Waals surface area contributed by atoms with E-state index in [1.807, 2.05) is 0 Å². The van der Waals surface area contributed by atoms with Gasteiger partial charge in [0.2, 0.25) is 20.0 Å². The molecule has 1 heterocycles. The number of hydrogen-bond donors (Lipinski definition) is 3. The van der Waals surface area contributed by atoms with Crippen molar-refractivity contribution < 1.29 is 26.4 Å². The summed E-state index contributed by atoms with van der Waals surface area (Å²) in [5, 5.41) is 2.53. The lowest BCUT2D eigenvalue weighted by molar-refractivity contribution is 0.0954. The van der Waals surface area contributed by atoms with Gasteiger partial charge < -0.3 is 10.1 Å². The molecule has 1 atom stereocenters. The molecule has 11 heteroatoms. The molecule has 0 aliphatic carbocycles. The summed E-state index contributed by atoms with van der Waals surface area (Å²) < 4.78 is 56.7. The van der Waals surface area contributed by atoms with Crippen molar-refractivity contribution in [2.24, 2.45) is 0 Å². The number of hydrogen-bond acceptors (Lipinski definition) is 6. The van der Waals surface area contributed by atoms with Gasteiger partial charge in [0.05, 0.1) is 17.3 Å². The average Bonchev–Trinajstić information content (AvgIpc) is 3.10. The van der Waals surface area contributed by atoms with Crippen LogP contribution in [-0.4, -0.2) is 61.3 Å². The highest BCUT2D eigenvalue weighted by molar-refractivity contribution is 7.89. The Morgan fingerprint density at radius 2 is 1.96 bits per heavy atom. The molecule has 0 aromatic heterocycles. The van der Waals surface area contributed by atoms with Crippen LogP contribution in [0.25, 0.3) is 0 Å². The Bertz CT molecular complexity index is 833. The molecular weight excluding hydrogens is 382 g/mol. The van der Waals surface area contributed by atoms with E-state index in [2.05, 4.69) is 14.8 Å². The summed E-state index contributed by atoms with van der Waals surface area (Å²) in [5.74, 6) is -0.489. The number of amides is 1. The maximum Gasteiger partial charge on any atom is 0.251 e. The van der Waals surface area contributed by atoms with Crippen molar-refractivity contribution in [3.05, 3.63) is 29.8 Å². The SMILES string of the molecule is CS(=O)(=O)NCCNC(=O)c1cccc(S(=O)(=O)NC[C@H]2CCCO2)c1. The zero-order chi connectivity index (χ0) is 19.2. The Labute approximate surface area is 153 Å². The molecule has 0 radical (unpaired) electrons. The lowest BCUT2D eigenvalue weighted by atomic mass is 10.2. The molecule has 1 aliphatic rings. The van der Waals surface area contributed by atoms with Crippen LogP contribution in [0.15, 0.2) is 29.2 Å². The van der Waals surface area contributed by atoms with E-state index in [0.717, 1.165) is 19.1 Å². The fourth-order valence-electron chi connectivity index (χ4n) is 2.41. The quantitative estimate of drug-likeness (QED) is 0.471. The van der Waals surface area contributed by atoms with Crippen molar-refractivity contribution in [2.75, 3.05) is 32.5 Å². The van der Waals surface area contributed by atoms with Crippen LogP contribution in [-0.2, 0) is 24.8 Å². The van der Waals surface area contributed by atoms with E-state index in [1.54, 1.807) is 0 Å². The third-order valence-corrected chi connectivity index (χ3v) is 5.86. The predicted octanol–water partition coefficient (Wildman–Crippen LogP) is -0.577. The van der Waals surface area contributed by atoms with Crippen molar-refractivity contribution >= 4 is 26.0 Å². The van der Waals surface area contributed by atoms with Gasteiger partial charge in [-0.15, -0.1) is 0 Å². The monoisotopic (exact) mass is 405 g/mol. The number of rotatable bonds is 9. The topological polar surface area (TPSA) is 131 Å². The van der Waals surface area contributed by atoms with E-state index in [9.17, 15) is 21.6 Å². The van der Waals surface area contributed by atoms with Crippen LogP contribution >= 0.6 is 0 Å². The third-order valence-electron chi connectivity index (χ3n) is 3.71. The molecule has 0 spiro atoms. The van der Waals surface area contributed by atoms with Crippen molar-refractivity contribution in [3.8, 4) is 0 Å². The molecule has 2 rings (SSSR count). The number of nitrogens with one attached hydrogen (secondary N) is 3. The van der Waals surface area contributed by atoms with E-state index in [0.29, 0.717) is 6.61 Å². The first-order chi connectivity index (χ1) is 12.2. The van der Waals surface area contributed by atoms with Crippen LogP contribution in [0.4, 0.5) is 0 Å². The molecule has 1 aromatic rings. The largest absolute Gasteiger partial charge is 0.377 e. The van der Waals surface area contributed by atoms with Gasteiger partial charge in [-0.2, -0.15) is 0 Å². The smallest absolute Gasteiger partial charge is 0.251 e. The minimum atomic E-state index is -3.75. The second-order valence-electron chi connectivity index (χ2n) is 5.94. The van der Waals surface area contributed by atoms with Gasteiger partial charge in [-0.05, 0) is 31.0 Å². The highest BCUT2D eigenvalue weighted by Gasteiger charge is 2.21. The van der Waals surface area contributed by atoms with Crippen LogP contribution in [0.5, 0.6) is 0 Å². The van der Waals surface area contributed by atoms with E-state index in [1.165, 1.54) is 24.3 Å². The van der Waals surface area contributed by atoms with Crippen molar-refractivity contribution in [1.82, 2.24) is 14.8 Å². The summed E-state index contributed by atoms with van der Waals surface area (Å²) in [5.41, 5.74) is 0.171. The summed E-state index contributed by atoms with van der Waals surface area (Å²) in [7, 11) is -7.08. The van der Waals surface area contributed by atoms with E-state index < -0.39 is 26.0 Å². The maximum absolute atomic E-state index is 12.4. The molecule has 26 heavy (non-hydrogen) atoms. The second kappa shape index (κ2) is 8.91. The molecule has 0 saturated carbocycles. The number of sulfonamides is 2. The predicted molar refractivity (Wildman–Crippen MR) is 95.8 cm³/mol. The molecule has 0 unspecified atom stereocenters. The normalized spacial score (nSPS) is 18.0. The molecular formula is C15H23N3O6S2. The van der Waals surface area contributed by atoms with Crippen molar-refractivity contribution in [3.63, 3.8) is 0 Å². The number of carbonyl (C=O) groups is 1. The number of benzene rings is 1. The lowest BCUT2D eigenvalue weighted by Gasteiger charge is -2.12. The Morgan fingerprint density at radius 3 is 2.62 bits per heavy atom. The molecule has 1 fully saturated rings. The van der Waals surface area contributed by atoms with Crippen LogP contribution < -0.4 is 14.8 Å². The van der Waals surface area contributed by atoms with Gasteiger partial charge in [0, 0.05) is 31.8 Å². The molecule has 3 N–H and O–H groups in total.